The predicted molar refractivity (Wildman–Crippen MR) is 75.8 cm³/mol. The van der Waals surface area contributed by atoms with Gasteiger partial charge in [0, 0.05) is 16.0 Å². The third kappa shape index (κ3) is 2.13. The van der Waals surface area contributed by atoms with Crippen LogP contribution in [0.2, 0.25) is 0 Å². The molecule has 2 aromatic rings. The van der Waals surface area contributed by atoms with E-state index in [4.69, 9.17) is 0 Å². The maximum Gasteiger partial charge on any atom is 0.166 e. The number of carbonyl (C=O) groups excluding carboxylic acids is 1. The van der Waals surface area contributed by atoms with Gasteiger partial charge in [-0.05, 0) is 36.1 Å². The number of carbonyl (C=O) groups is 1. The van der Waals surface area contributed by atoms with Crippen LogP contribution < -0.4 is 0 Å². The molecule has 0 bridgehead atoms. The van der Waals surface area contributed by atoms with Gasteiger partial charge in [-0.15, -0.1) is 0 Å². The van der Waals surface area contributed by atoms with Crippen LogP contribution in [0.15, 0.2) is 53.0 Å². The Kier molecular flexibility index (Phi) is 3.04. The second-order valence-electron chi connectivity index (χ2n) is 4.75. The van der Waals surface area contributed by atoms with E-state index in [1.165, 1.54) is 11.1 Å². The van der Waals surface area contributed by atoms with Crippen LogP contribution in [0, 0.1) is 5.92 Å². The smallest absolute Gasteiger partial charge is 0.166 e. The maximum absolute atomic E-state index is 12.4. The molecule has 0 heterocycles. The van der Waals surface area contributed by atoms with Crippen molar-refractivity contribution in [2.24, 2.45) is 5.92 Å². The van der Waals surface area contributed by atoms with E-state index in [1.54, 1.807) is 0 Å². The standard InChI is InChI=1S/C16H13BrO/c17-15-7-5-11(6-8-15)16(18)14-9-12-3-1-2-4-13(12)10-14/h1-8,14H,9-10H2. The summed E-state index contributed by atoms with van der Waals surface area (Å²) in [5, 5.41) is 0. The number of Topliss-reactive ketones (excluding diaryl/α,β-unsaturated/α-hetero) is 1. The number of halogens is 1. The molecule has 0 aliphatic heterocycles. The van der Waals surface area contributed by atoms with Crippen molar-refractivity contribution in [2.45, 2.75) is 12.8 Å². The van der Waals surface area contributed by atoms with Crippen LogP contribution in [0.25, 0.3) is 0 Å². The van der Waals surface area contributed by atoms with Gasteiger partial charge in [0.2, 0.25) is 0 Å². The Morgan fingerprint density at radius 3 is 2.06 bits per heavy atom. The molecular formula is C16H13BrO. The Bertz CT molecular complexity index is 561. The lowest BCUT2D eigenvalue weighted by molar-refractivity contribution is 0.0924. The molecule has 0 spiro atoms. The molecule has 2 aromatic carbocycles. The van der Waals surface area contributed by atoms with Crippen molar-refractivity contribution in [1.82, 2.24) is 0 Å². The molecule has 0 N–H and O–H groups in total. The summed E-state index contributed by atoms with van der Waals surface area (Å²) in [6.07, 6.45) is 1.76. The van der Waals surface area contributed by atoms with E-state index in [2.05, 4.69) is 28.1 Å². The third-order valence-corrected chi connectivity index (χ3v) is 4.08. The van der Waals surface area contributed by atoms with E-state index in [0.29, 0.717) is 0 Å². The molecule has 1 nitrogen and oxygen atoms in total. The minimum atomic E-state index is 0.114. The van der Waals surface area contributed by atoms with Crippen molar-refractivity contribution in [3.05, 3.63) is 69.7 Å². The quantitative estimate of drug-likeness (QED) is 0.765. The number of hydrogen-bond acceptors (Lipinski definition) is 1. The van der Waals surface area contributed by atoms with E-state index in [9.17, 15) is 4.79 Å². The van der Waals surface area contributed by atoms with Crippen molar-refractivity contribution >= 4 is 21.7 Å². The van der Waals surface area contributed by atoms with Crippen molar-refractivity contribution in [3.63, 3.8) is 0 Å². The van der Waals surface area contributed by atoms with Gasteiger partial charge in [0.1, 0.15) is 0 Å². The molecule has 1 aliphatic carbocycles. The number of fused-ring (bicyclic) bond motifs is 1. The number of rotatable bonds is 2. The summed E-state index contributed by atoms with van der Waals surface area (Å²) < 4.78 is 1.01. The van der Waals surface area contributed by atoms with Crippen LogP contribution in [0.3, 0.4) is 0 Å². The third-order valence-electron chi connectivity index (χ3n) is 3.55. The van der Waals surface area contributed by atoms with Gasteiger partial charge in [0.25, 0.3) is 0 Å². The Morgan fingerprint density at radius 1 is 0.944 bits per heavy atom. The molecule has 0 aromatic heterocycles. The van der Waals surface area contributed by atoms with Gasteiger partial charge in [0.05, 0.1) is 0 Å². The highest BCUT2D eigenvalue weighted by atomic mass is 79.9. The monoisotopic (exact) mass is 300 g/mol. The second kappa shape index (κ2) is 4.69. The fraction of sp³-hybridized carbons (Fsp3) is 0.188. The van der Waals surface area contributed by atoms with Gasteiger partial charge in [-0.25, -0.2) is 0 Å². The molecule has 0 saturated carbocycles. The van der Waals surface area contributed by atoms with E-state index in [0.717, 1.165) is 22.9 Å². The molecule has 0 fully saturated rings. The largest absolute Gasteiger partial charge is 0.294 e. The molecule has 1 aliphatic rings. The summed E-state index contributed by atoms with van der Waals surface area (Å²) in [6.45, 7) is 0. The predicted octanol–water partition coefficient (Wildman–Crippen LogP) is 4.05. The first-order valence-corrected chi connectivity index (χ1v) is 6.90. The SMILES string of the molecule is O=C(c1ccc(Br)cc1)C1Cc2ccccc2C1. The summed E-state index contributed by atoms with van der Waals surface area (Å²) in [4.78, 5) is 12.4. The summed E-state index contributed by atoms with van der Waals surface area (Å²) in [5.41, 5.74) is 3.47. The minimum Gasteiger partial charge on any atom is -0.294 e. The molecule has 0 atom stereocenters. The summed E-state index contributed by atoms with van der Waals surface area (Å²) in [7, 11) is 0. The molecule has 0 unspecified atom stereocenters. The molecule has 0 radical (unpaired) electrons. The molecular weight excluding hydrogens is 288 g/mol. The zero-order valence-electron chi connectivity index (χ0n) is 9.90. The van der Waals surface area contributed by atoms with Gasteiger partial charge in [0.15, 0.2) is 5.78 Å². The fourth-order valence-electron chi connectivity index (χ4n) is 2.59. The maximum atomic E-state index is 12.4. The van der Waals surface area contributed by atoms with Crippen LogP contribution in [0.5, 0.6) is 0 Å². The number of benzene rings is 2. The van der Waals surface area contributed by atoms with Gasteiger partial charge in [-0.2, -0.15) is 0 Å². The average molecular weight is 301 g/mol. The summed E-state index contributed by atoms with van der Waals surface area (Å²) in [5.74, 6) is 0.377. The zero-order valence-corrected chi connectivity index (χ0v) is 11.5. The first-order valence-electron chi connectivity index (χ1n) is 6.10. The van der Waals surface area contributed by atoms with Crippen molar-refractivity contribution in [2.75, 3.05) is 0 Å². The number of ketones is 1. The highest BCUT2D eigenvalue weighted by Crippen LogP contribution is 2.29. The van der Waals surface area contributed by atoms with E-state index in [1.807, 2.05) is 36.4 Å². The van der Waals surface area contributed by atoms with Gasteiger partial charge in [-0.1, -0.05) is 52.3 Å². The van der Waals surface area contributed by atoms with E-state index < -0.39 is 0 Å². The molecule has 2 heteroatoms. The van der Waals surface area contributed by atoms with Crippen LogP contribution in [-0.2, 0) is 12.8 Å². The zero-order chi connectivity index (χ0) is 12.5. The second-order valence-corrected chi connectivity index (χ2v) is 5.66. The first kappa shape index (κ1) is 11.7. The topological polar surface area (TPSA) is 17.1 Å². The van der Waals surface area contributed by atoms with Gasteiger partial charge < -0.3 is 0 Å². The Balaban J connectivity index is 1.82. The first-order chi connectivity index (χ1) is 8.74. The molecule has 0 amide bonds. The molecule has 18 heavy (non-hydrogen) atoms. The Morgan fingerprint density at radius 2 is 1.50 bits per heavy atom. The van der Waals surface area contributed by atoms with E-state index >= 15 is 0 Å². The molecule has 0 saturated heterocycles. The van der Waals surface area contributed by atoms with Crippen LogP contribution in [0.4, 0.5) is 0 Å². The van der Waals surface area contributed by atoms with Crippen molar-refractivity contribution < 1.29 is 4.79 Å². The van der Waals surface area contributed by atoms with Crippen molar-refractivity contribution in [1.29, 1.82) is 0 Å². The van der Waals surface area contributed by atoms with E-state index in [-0.39, 0.29) is 11.7 Å². The fourth-order valence-corrected chi connectivity index (χ4v) is 2.86. The normalized spacial score (nSPS) is 14.5. The van der Waals surface area contributed by atoms with Gasteiger partial charge >= 0.3 is 0 Å². The highest BCUT2D eigenvalue weighted by Gasteiger charge is 2.27. The highest BCUT2D eigenvalue weighted by molar-refractivity contribution is 9.10. The average Bonchev–Trinajstić information content (AvgIpc) is 2.82. The van der Waals surface area contributed by atoms with Crippen LogP contribution in [-0.4, -0.2) is 5.78 Å². The molecule has 3 rings (SSSR count). The Labute approximate surface area is 115 Å². The summed E-state index contributed by atoms with van der Waals surface area (Å²) >= 11 is 3.39. The lowest BCUT2D eigenvalue weighted by atomic mass is 9.95. The van der Waals surface area contributed by atoms with Crippen LogP contribution in [0.1, 0.15) is 21.5 Å². The summed E-state index contributed by atoms with van der Waals surface area (Å²) in [6, 6.07) is 16.0. The van der Waals surface area contributed by atoms with Crippen LogP contribution >= 0.6 is 15.9 Å². The molecule has 90 valence electrons. The number of hydrogen-bond donors (Lipinski definition) is 0. The Hall–Kier alpha value is -1.41. The van der Waals surface area contributed by atoms with Gasteiger partial charge in [-0.3, -0.25) is 4.79 Å². The lowest BCUT2D eigenvalue weighted by Crippen LogP contribution is -2.14. The lowest BCUT2D eigenvalue weighted by Gasteiger charge is -2.07. The minimum absolute atomic E-state index is 0.114. The van der Waals surface area contributed by atoms with Crippen molar-refractivity contribution in [3.8, 4) is 0 Å².